The highest BCUT2D eigenvalue weighted by Gasteiger charge is 2.35. The first-order valence-electron chi connectivity index (χ1n) is 6.89. The highest BCUT2D eigenvalue weighted by molar-refractivity contribution is 8.18. The lowest BCUT2D eigenvalue weighted by Gasteiger charge is -2.13. The molecular formula is C17H10Cl3NO2S. The number of hydrogen-bond donors (Lipinski definition) is 0. The van der Waals surface area contributed by atoms with Gasteiger partial charge in [0.05, 0.1) is 11.4 Å². The Bertz CT molecular complexity index is 867. The predicted octanol–water partition coefficient (Wildman–Crippen LogP) is 5.88. The number of nitrogens with zero attached hydrogens (tertiary/aromatic N) is 1. The van der Waals surface area contributed by atoms with Crippen molar-refractivity contribution in [2.45, 2.75) is 6.54 Å². The van der Waals surface area contributed by atoms with Gasteiger partial charge in [-0.05, 0) is 53.2 Å². The minimum atomic E-state index is -0.351. The van der Waals surface area contributed by atoms with E-state index in [1.165, 1.54) is 0 Å². The number of halogens is 3. The van der Waals surface area contributed by atoms with Crippen molar-refractivity contribution >= 4 is 63.8 Å². The van der Waals surface area contributed by atoms with Crippen LogP contribution in [0.25, 0.3) is 6.08 Å². The van der Waals surface area contributed by atoms with Crippen LogP contribution in [0, 0.1) is 0 Å². The summed E-state index contributed by atoms with van der Waals surface area (Å²) in [5.74, 6) is -0.351. The van der Waals surface area contributed by atoms with Crippen molar-refractivity contribution < 1.29 is 9.59 Å². The van der Waals surface area contributed by atoms with Crippen LogP contribution < -0.4 is 0 Å². The van der Waals surface area contributed by atoms with Crippen LogP contribution in [-0.2, 0) is 11.3 Å². The molecule has 0 aromatic heterocycles. The summed E-state index contributed by atoms with van der Waals surface area (Å²) in [6.45, 7) is 0.105. The Morgan fingerprint density at radius 1 is 1.00 bits per heavy atom. The highest BCUT2D eigenvalue weighted by atomic mass is 35.5. The predicted molar refractivity (Wildman–Crippen MR) is 99.4 cm³/mol. The molecule has 2 aromatic carbocycles. The quantitative estimate of drug-likeness (QED) is 0.606. The summed E-state index contributed by atoms with van der Waals surface area (Å²) in [7, 11) is 0. The summed E-state index contributed by atoms with van der Waals surface area (Å²) in [6.07, 6.45) is 1.65. The molecular weight excluding hydrogens is 389 g/mol. The molecule has 0 bridgehead atoms. The first kappa shape index (κ1) is 17.4. The second-order valence-corrected chi connectivity index (χ2v) is 7.33. The molecule has 0 saturated carbocycles. The molecule has 1 saturated heterocycles. The minimum absolute atomic E-state index is 0.105. The smallest absolute Gasteiger partial charge is 0.268 e. The Kier molecular flexibility index (Phi) is 5.21. The Morgan fingerprint density at radius 3 is 2.46 bits per heavy atom. The van der Waals surface area contributed by atoms with E-state index >= 15 is 0 Å². The average Bonchev–Trinajstić information content (AvgIpc) is 2.77. The molecule has 0 N–H and O–H groups in total. The first-order chi connectivity index (χ1) is 11.4. The monoisotopic (exact) mass is 397 g/mol. The van der Waals surface area contributed by atoms with Crippen LogP contribution in [-0.4, -0.2) is 16.0 Å². The zero-order valence-electron chi connectivity index (χ0n) is 12.1. The standard InChI is InChI=1S/C17H10Cl3NO2S/c18-12-3-1-2-10(6-12)7-15-16(22)21(17(23)24-15)9-11-4-5-13(19)8-14(11)20/h1-8H,9H2/b15-7+. The fraction of sp³-hybridized carbons (Fsp3) is 0.0588. The summed E-state index contributed by atoms with van der Waals surface area (Å²) >= 11 is 18.8. The number of amides is 2. The van der Waals surface area contributed by atoms with Crippen molar-refractivity contribution in [1.29, 1.82) is 0 Å². The number of hydrogen-bond acceptors (Lipinski definition) is 3. The molecule has 1 heterocycles. The molecule has 2 aromatic rings. The minimum Gasteiger partial charge on any atom is -0.268 e. The van der Waals surface area contributed by atoms with Crippen LogP contribution in [0.2, 0.25) is 15.1 Å². The molecule has 0 unspecified atom stereocenters. The zero-order chi connectivity index (χ0) is 17.3. The van der Waals surface area contributed by atoms with Gasteiger partial charge >= 0.3 is 0 Å². The first-order valence-corrected chi connectivity index (χ1v) is 8.84. The van der Waals surface area contributed by atoms with Crippen LogP contribution >= 0.6 is 46.6 Å². The summed E-state index contributed by atoms with van der Waals surface area (Å²) < 4.78 is 0. The van der Waals surface area contributed by atoms with E-state index in [0.717, 1.165) is 22.2 Å². The van der Waals surface area contributed by atoms with Crippen molar-refractivity contribution in [1.82, 2.24) is 4.90 Å². The van der Waals surface area contributed by atoms with E-state index < -0.39 is 0 Å². The molecule has 1 fully saturated rings. The van der Waals surface area contributed by atoms with Gasteiger partial charge in [0.15, 0.2) is 0 Å². The number of benzene rings is 2. The van der Waals surface area contributed by atoms with Gasteiger partial charge in [-0.1, -0.05) is 53.0 Å². The molecule has 1 aliphatic heterocycles. The summed E-state index contributed by atoms with van der Waals surface area (Å²) in [6, 6.07) is 12.0. The van der Waals surface area contributed by atoms with Gasteiger partial charge in [-0.3, -0.25) is 14.5 Å². The lowest BCUT2D eigenvalue weighted by atomic mass is 10.2. The maximum Gasteiger partial charge on any atom is 0.293 e. The third-order valence-corrected chi connectivity index (χ3v) is 5.09. The summed E-state index contributed by atoms with van der Waals surface area (Å²) in [5.41, 5.74) is 1.42. The molecule has 3 nitrogen and oxygen atoms in total. The Hall–Kier alpha value is -1.46. The fourth-order valence-electron chi connectivity index (χ4n) is 2.20. The van der Waals surface area contributed by atoms with Crippen LogP contribution in [0.1, 0.15) is 11.1 Å². The Balaban J connectivity index is 1.84. The molecule has 3 rings (SSSR count). The molecule has 0 spiro atoms. The van der Waals surface area contributed by atoms with Crippen molar-refractivity contribution in [3.8, 4) is 0 Å². The largest absolute Gasteiger partial charge is 0.293 e. The Morgan fingerprint density at radius 2 is 1.75 bits per heavy atom. The maximum atomic E-state index is 12.5. The van der Waals surface area contributed by atoms with E-state index in [0.29, 0.717) is 25.5 Å². The normalized spacial score (nSPS) is 16.3. The van der Waals surface area contributed by atoms with Crippen molar-refractivity contribution in [2.75, 3.05) is 0 Å². The average molecular weight is 399 g/mol. The SMILES string of the molecule is O=C1S/C(=C/c2cccc(Cl)c2)C(=O)N1Cc1ccc(Cl)cc1Cl. The van der Waals surface area contributed by atoms with Crippen molar-refractivity contribution in [3.05, 3.63) is 73.6 Å². The van der Waals surface area contributed by atoms with Crippen LogP contribution in [0.15, 0.2) is 47.4 Å². The highest BCUT2D eigenvalue weighted by Crippen LogP contribution is 2.34. The molecule has 0 aliphatic carbocycles. The number of thioether (sulfide) groups is 1. The fourth-order valence-corrected chi connectivity index (χ4v) is 3.71. The van der Waals surface area contributed by atoms with Gasteiger partial charge < -0.3 is 0 Å². The number of imide groups is 1. The lowest BCUT2D eigenvalue weighted by molar-refractivity contribution is -0.123. The van der Waals surface area contributed by atoms with E-state index in [-0.39, 0.29) is 17.7 Å². The van der Waals surface area contributed by atoms with E-state index in [1.807, 2.05) is 6.07 Å². The zero-order valence-corrected chi connectivity index (χ0v) is 15.2. The van der Waals surface area contributed by atoms with Crippen molar-refractivity contribution in [2.24, 2.45) is 0 Å². The van der Waals surface area contributed by atoms with Gasteiger partial charge in [0, 0.05) is 15.1 Å². The van der Waals surface area contributed by atoms with E-state index in [4.69, 9.17) is 34.8 Å². The van der Waals surface area contributed by atoms with Crippen LogP contribution in [0.4, 0.5) is 4.79 Å². The van der Waals surface area contributed by atoms with E-state index in [2.05, 4.69) is 0 Å². The van der Waals surface area contributed by atoms with Gasteiger partial charge in [0.2, 0.25) is 0 Å². The van der Waals surface area contributed by atoms with Crippen LogP contribution in [0.3, 0.4) is 0 Å². The molecule has 7 heteroatoms. The van der Waals surface area contributed by atoms with Crippen molar-refractivity contribution in [3.63, 3.8) is 0 Å². The Labute approximate surface area is 158 Å². The molecule has 2 amide bonds. The van der Waals surface area contributed by atoms with Gasteiger partial charge in [0.25, 0.3) is 11.1 Å². The number of rotatable bonds is 3. The van der Waals surface area contributed by atoms with Gasteiger partial charge in [-0.25, -0.2) is 0 Å². The molecule has 122 valence electrons. The van der Waals surface area contributed by atoms with Gasteiger partial charge in [-0.2, -0.15) is 0 Å². The van der Waals surface area contributed by atoms with Gasteiger partial charge in [-0.15, -0.1) is 0 Å². The third-order valence-electron chi connectivity index (χ3n) is 3.36. The van der Waals surface area contributed by atoms with E-state index in [1.54, 1.807) is 42.5 Å². The maximum absolute atomic E-state index is 12.5. The van der Waals surface area contributed by atoms with E-state index in [9.17, 15) is 9.59 Å². The number of carbonyl (C=O) groups is 2. The molecule has 1 aliphatic rings. The summed E-state index contributed by atoms with van der Waals surface area (Å²) in [5, 5.41) is 1.15. The lowest BCUT2D eigenvalue weighted by Crippen LogP contribution is -2.27. The topological polar surface area (TPSA) is 37.4 Å². The second kappa shape index (κ2) is 7.19. The molecule has 0 radical (unpaired) electrons. The summed E-state index contributed by atoms with van der Waals surface area (Å²) in [4.78, 5) is 26.2. The second-order valence-electron chi connectivity index (χ2n) is 5.06. The van der Waals surface area contributed by atoms with Crippen LogP contribution in [0.5, 0.6) is 0 Å². The number of carbonyl (C=O) groups excluding carboxylic acids is 2. The third kappa shape index (κ3) is 3.78. The van der Waals surface area contributed by atoms with Gasteiger partial charge in [0.1, 0.15) is 0 Å². The molecule has 24 heavy (non-hydrogen) atoms. The molecule has 0 atom stereocenters.